The summed E-state index contributed by atoms with van der Waals surface area (Å²) in [4.78, 5) is 22.1. The van der Waals surface area contributed by atoms with E-state index in [0.29, 0.717) is 31.5 Å². The highest BCUT2D eigenvalue weighted by molar-refractivity contribution is 5.73. The van der Waals surface area contributed by atoms with Gasteiger partial charge < -0.3 is 20.5 Å². The highest BCUT2D eigenvalue weighted by atomic mass is 16.5. The predicted molar refractivity (Wildman–Crippen MR) is 80.3 cm³/mol. The minimum Gasteiger partial charge on any atom is -0.481 e. The van der Waals surface area contributed by atoms with Crippen LogP contribution in [0.25, 0.3) is 0 Å². The van der Waals surface area contributed by atoms with E-state index >= 15 is 0 Å². The third kappa shape index (κ3) is 8.55. The van der Waals surface area contributed by atoms with Gasteiger partial charge in [0.05, 0.1) is 6.10 Å². The van der Waals surface area contributed by atoms with E-state index in [1.54, 1.807) is 0 Å². The zero-order chi connectivity index (χ0) is 15.5. The number of carbonyl (C=O) groups excluding carboxylic acids is 1. The van der Waals surface area contributed by atoms with Gasteiger partial charge in [-0.3, -0.25) is 4.79 Å². The highest BCUT2D eigenvalue weighted by Crippen LogP contribution is 2.15. The first-order valence-electron chi connectivity index (χ1n) is 7.97. The van der Waals surface area contributed by atoms with Crippen molar-refractivity contribution in [2.75, 3.05) is 19.7 Å². The van der Waals surface area contributed by atoms with Crippen molar-refractivity contribution < 1.29 is 19.4 Å². The molecule has 0 aromatic rings. The first-order chi connectivity index (χ1) is 10.1. The number of amides is 2. The van der Waals surface area contributed by atoms with Gasteiger partial charge in [-0.2, -0.15) is 0 Å². The molecule has 1 aliphatic heterocycles. The number of carboxylic acid groups (broad SMARTS) is 1. The largest absolute Gasteiger partial charge is 0.481 e. The Balaban J connectivity index is 2.01. The van der Waals surface area contributed by atoms with Crippen LogP contribution in [-0.2, 0) is 9.53 Å². The Labute approximate surface area is 126 Å². The molecule has 2 unspecified atom stereocenters. The van der Waals surface area contributed by atoms with Gasteiger partial charge in [-0.05, 0) is 38.0 Å². The van der Waals surface area contributed by atoms with E-state index in [-0.39, 0.29) is 12.5 Å². The van der Waals surface area contributed by atoms with Crippen molar-refractivity contribution in [3.63, 3.8) is 0 Å². The normalized spacial score (nSPS) is 19.2. The van der Waals surface area contributed by atoms with Crippen molar-refractivity contribution in [1.82, 2.24) is 10.6 Å². The number of hydrogen-bond donors (Lipinski definition) is 3. The quantitative estimate of drug-likeness (QED) is 0.577. The van der Waals surface area contributed by atoms with Crippen LogP contribution in [-0.4, -0.2) is 42.9 Å². The zero-order valence-electron chi connectivity index (χ0n) is 12.9. The Hall–Kier alpha value is -1.30. The van der Waals surface area contributed by atoms with Crippen molar-refractivity contribution >= 4 is 12.0 Å². The second-order valence-corrected chi connectivity index (χ2v) is 5.60. The molecule has 1 aliphatic rings. The topological polar surface area (TPSA) is 87.7 Å². The van der Waals surface area contributed by atoms with Gasteiger partial charge in [0.25, 0.3) is 0 Å². The molecule has 2 amide bonds. The van der Waals surface area contributed by atoms with Gasteiger partial charge in [-0.1, -0.05) is 13.3 Å². The van der Waals surface area contributed by atoms with Gasteiger partial charge in [-0.25, -0.2) is 4.79 Å². The number of rotatable bonds is 10. The van der Waals surface area contributed by atoms with E-state index in [9.17, 15) is 9.59 Å². The van der Waals surface area contributed by atoms with E-state index in [1.165, 1.54) is 0 Å². The fourth-order valence-corrected chi connectivity index (χ4v) is 2.55. The van der Waals surface area contributed by atoms with Crippen molar-refractivity contribution in [2.24, 2.45) is 5.92 Å². The Kier molecular flexibility index (Phi) is 8.82. The minimum absolute atomic E-state index is 0.152. The summed E-state index contributed by atoms with van der Waals surface area (Å²) >= 11 is 0. The minimum atomic E-state index is -0.756. The fourth-order valence-electron chi connectivity index (χ4n) is 2.55. The maximum absolute atomic E-state index is 11.6. The summed E-state index contributed by atoms with van der Waals surface area (Å²) in [5.41, 5.74) is 0. The standard InChI is InChI=1S/C15H28N2O4/c1-2-12(5-6-14(18)19)7-9-16-15(20)17-10-8-13-4-3-11-21-13/h12-13H,2-11H2,1H3,(H,18,19)(H2,16,17,20). The molecule has 3 N–H and O–H groups in total. The molecule has 6 nitrogen and oxygen atoms in total. The summed E-state index contributed by atoms with van der Waals surface area (Å²) in [6, 6.07) is -0.152. The van der Waals surface area contributed by atoms with Gasteiger partial charge in [-0.15, -0.1) is 0 Å². The molecule has 122 valence electrons. The number of carboxylic acids is 1. The maximum atomic E-state index is 11.6. The lowest BCUT2D eigenvalue weighted by atomic mass is 9.97. The van der Waals surface area contributed by atoms with Crippen molar-refractivity contribution in [3.05, 3.63) is 0 Å². The van der Waals surface area contributed by atoms with E-state index < -0.39 is 5.97 Å². The summed E-state index contributed by atoms with van der Waals surface area (Å²) < 4.78 is 5.49. The third-order valence-electron chi connectivity index (χ3n) is 3.96. The van der Waals surface area contributed by atoms with Crippen LogP contribution in [0, 0.1) is 5.92 Å². The predicted octanol–water partition coefficient (Wildman–Crippen LogP) is 2.14. The molecule has 21 heavy (non-hydrogen) atoms. The van der Waals surface area contributed by atoms with Crippen molar-refractivity contribution in [2.45, 2.75) is 58.0 Å². The van der Waals surface area contributed by atoms with Gasteiger partial charge in [0.1, 0.15) is 0 Å². The molecule has 1 saturated heterocycles. The van der Waals surface area contributed by atoms with Crippen LogP contribution < -0.4 is 10.6 Å². The average molecular weight is 300 g/mol. The number of carbonyl (C=O) groups is 2. The molecule has 0 saturated carbocycles. The van der Waals surface area contributed by atoms with Crippen LogP contribution in [0.15, 0.2) is 0 Å². The van der Waals surface area contributed by atoms with E-state index in [2.05, 4.69) is 10.6 Å². The molecule has 0 radical (unpaired) electrons. The van der Waals surface area contributed by atoms with Crippen LogP contribution in [0.1, 0.15) is 51.9 Å². The second kappa shape index (κ2) is 10.4. The van der Waals surface area contributed by atoms with Crippen LogP contribution in [0.5, 0.6) is 0 Å². The van der Waals surface area contributed by atoms with Crippen LogP contribution >= 0.6 is 0 Å². The van der Waals surface area contributed by atoms with Gasteiger partial charge >= 0.3 is 12.0 Å². The molecule has 0 aliphatic carbocycles. The number of urea groups is 1. The molecule has 0 spiro atoms. The lowest BCUT2D eigenvalue weighted by molar-refractivity contribution is -0.137. The average Bonchev–Trinajstić information content (AvgIpc) is 2.95. The maximum Gasteiger partial charge on any atom is 0.314 e. The molecule has 1 rings (SSSR count). The Morgan fingerprint density at radius 3 is 2.67 bits per heavy atom. The molecular formula is C15H28N2O4. The Bertz CT molecular complexity index is 317. The molecule has 6 heteroatoms. The summed E-state index contributed by atoms with van der Waals surface area (Å²) in [5, 5.41) is 14.3. The number of aliphatic carboxylic acids is 1. The van der Waals surface area contributed by atoms with E-state index in [4.69, 9.17) is 9.84 Å². The summed E-state index contributed by atoms with van der Waals surface area (Å²) in [7, 11) is 0. The summed E-state index contributed by atoms with van der Waals surface area (Å²) in [6.45, 7) is 4.11. The summed E-state index contributed by atoms with van der Waals surface area (Å²) in [6.07, 6.45) is 6.00. The van der Waals surface area contributed by atoms with Crippen LogP contribution in [0.3, 0.4) is 0 Å². The fraction of sp³-hybridized carbons (Fsp3) is 0.867. The lowest BCUT2D eigenvalue weighted by Crippen LogP contribution is -2.37. The molecule has 2 atom stereocenters. The van der Waals surface area contributed by atoms with Gasteiger partial charge in [0.2, 0.25) is 0 Å². The Morgan fingerprint density at radius 1 is 1.29 bits per heavy atom. The number of ether oxygens (including phenoxy) is 1. The smallest absolute Gasteiger partial charge is 0.314 e. The monoisotopic (exact) mass is 300 g/mol. The molecule has 1 heterocycles. The molecular weight excluding hydrogens is 272 g/mol. The zero-order valence-corrected chi connectivity index (χ0v) is 12.9. The summed E-state index contributed by atoms with van der Waals surface area (Å²) in [5.74, 6) is -0.401. The molecule has 1 fully saturated rings. The first kappa shape index (κ1) is 17.8. The number of nitrogens with one attached hydrogen (secondary N) is 2. The SMILES string of the molecule is CCC(CCNC(=O)NCCC1CCCO1)CCC(=O)O. The van der Waals surface area contributed by atoms with Gasteiger partial charge in [0.15, 0.2) is 0 Å². The van der Waals surface area contributed by atoms with Crippen LogP contribution in [0.2, 0.25) is 0 Å². The highest BCUT2D eigenvalue weighted by Gasteiger charge is 2.15. The third-order valence-corrected chi connectivity index (χ3v) is 3.96. The van der Waals surface area contributed by atoms with E-state index in [1.807, 2.05) is 6.92 Å². The molecule has 0 aromatic heterocycles. The first-order valence-corrected chi connectivity index (χ1v) is 7.97. The van der Waals surface area contributed by atoms with Crippen molar-refractivity contribution in [1.29, 1.82) is 0 Å². The number of hydrogen-bond acceptors (Lipinski definition) is 3. The molecule has 0 aromatic carbocycles. The molecule has 0 bridgehead atoms. The van der Waals surface area contributed by atoms with Crippen LogP contribution in [0.4, 0.5) is 4.79 Å². The lowest BCUT2D eigenvalue weighted by Gasteiger charge is -2.15. The van der Waals surface area contributed by atoms with Gasteiger partial charge in [0, 0.05) is 26.1 Å². The van der Waals surface area contributed by atoms with E-state index in [0.717, 1.165) is 38.7 Å². The van der Waals surface area contributed by atoms with Crippen molar-refractivity contribution in [3.8, 4) is 0 Å². The Morgan fingerprint density at radius 2 is 2.05 bits per heavy atom. The second-order valence-electron chi connectivity index (χ2n) is 5.60.